The Labute approximate surface area is 115 Å². The van der Waals surface area contributed by atoms with Gasteiger partial charge in [-0.05, 0) is 42.5 Å². The highest BCUT2D eigenvalue weighted by atomic mass is 32.1. The molecule has 1 aromatic heterocycles. The average molecular weight is 281 g/mol. The van der Waals surface area contributed by atoms with Crippen LogP contribution in [0.15, 0.2) is 24.3 Å². The number of amides is 1. The summed E-state index contributed by atoms with van der Waals surface area (Å²) in [6, 6.07) is 6.06. The number of nitrogens with one attached hydrogen (secondary N) is 1. The van der Waals surface area contributed by atoms with Crippen LogP contribution in [0.1, 0.15) is 23.5 Å². The molecule has 0 aliphatic heterocycles. The van der Waals surface area contributed by atoms with Crippen LogP contribution in [0.25, 0.3) is 10.1 Å². The molecule has 0 bridgehead atoms. The van der Waals surface area contributed by atoms with Crippen LogP contribution in [0.5, 0.6) is 0 Å². The zero-order valence-electron chi connectivity index (χ0n) is 10.8. The van der Waals surface area contributed by atoms with Gasteiger partial charge in [-0.25, -0.2) is 4.39 Å². The van der Waals surface area contributed by atoms with Crippen molar-refractivity contribution in [2.45, 2.75) is 19.9 Å². The van der Waals surface area contributed by atoms with E-state index in [1.54, 1.807) is 12.1 Å². The topological polar surface area (TPSA) is 49.3 Å². The fourth-order valence-corrected chi connectivity index (χ4v) is 2.65. The second kappa shape index (κ2) is 5.67. The van der Waals surface area contributed by atoms with Gasteiger partial charge in [0.2, 0.25) is 0 Å². The van der Waals surface area contributed by atoms with Gasteiger partial charge < -0.3 is 10.4 Å². The number of hydrogen-bond acceptors (Lipinski definition) is 3. The fourth-order valence-electron chi connectivity index (χ4n) is 1.70. The summed E-state index contributed by atoms with van der Waals surface area (Å²) in [5.74, 6) is -0.496. The molecule has 2 rings (SSSR count). The maximum Gasteiger partial charge on any atom is 0.261 e. The smallest absolute Gasteiger partial charge is 0.261 e. The normalized spacial score (nSPS) is 14.3. The number of aliphatic hydroxyl groups is 1. The molecule has 2 unspecified atom stereocenters. The Hall–Kier alpha value is -1.46. The molecule has 0 fully saturated rings. The molecule has 2 aromatic rings. The van der Waals surface area contributed by atoms with E-state index in [1.807, 2.05) is 13.8 Å². The van der Waals surface area contributed by atoms with Gasteiger partial charge in [-0.1, -0.05) is 6.92 Å². The molecule has 1 aromatic carbocycles. The number of rotatable bonds is 4. The largest absolute Gasteiger partial charge is 0.396 e. The van der Waals surface area contributed by atoms with Gasteiger partial charge in [0.05, 0.1) is 4.88 Å². The summed E-state index contributed by atoms with van der Waals surface area (Å²) < 4.78 is 14.0. The molecule has 2 N–H and O–H groups in total. The first-order valence-corrected chi connectivity index (χ1v) is 6.93. The van der Waals surface area contributed by atoms with E-state index in [4.69, 9.17) is 5.11 Å². The van der Waals surface area contributed by atoms with Gasteiger partial charge in [-0.2, -0.15) is 0 Å². The zero-order valence-corrected chi connectivity index (χ0v) is 11.6. The fraction of sp³-hybridized carbons (Fsp3) is 0.357. The molecule has 102 valence electrons. The highest BCUT2D eigenvalue weighted by molar-refractivity contribution is 7.20. The molecular weight excluding hydrogens is 265 g/mol. The van der Waals surface area contributed by atoms with E-state index in [9.17, 15) is 9.18 Å². The van der Waals surface area contributed by atoms with E-state index >= 15 is 0 Å². The maximum atomic E-state index is 13.1. The van der Waals surface area contributed by atoms with E-state index in [0.717, 1.165) is 10.1 Å². The molecular formula is C14H16FNO2S. The van der Waals surface area contributed by atoms with Crippen molar-refractivity contribution in [3.8, 4) is 0 Å². The van der Waals surface area contributed by atoms with Crippen molar-refractivity contribution < 1.29 is 14.3 Å². The van der Waals surface area contributed by atoms with Crippen molar-refractivity contribution in [1.82, 2.24) is 5.32 Å². The average Bonchev–Trinajstić information content (AvgIpc) is 2.80. The van der Waals surface area contributed by atoms with Crippen LogP contribution < -0.4 is 5.32 Å². The van der Waals surface area contributed by atoms with Crippen LogP contribution in [0.3, 0.4) is 0 Å². The third kappa shape index (κ3) is 3.11. The predicted molar refractivity (Wildman–Crippen MR) is 75.0 cm³/mol. The molecule has 0 spiro atoms. The number of halogens is 1. The molecule has 0 saturated carbocycles. The number of aliphatic hydroxyl groups excluding tert-OH is 1. The van der Waals surface area contributed by atoms with Crippen LogP contribution >= 0.6 is 11.3 Å². The molecule has 0 radical (unpaired) electrons. The van der Waals surface area contributed by atoms with Gasteiger partial charge in [0, 0.05) is 17.3 Å². The van der Waals surface area contributed by atoms with Gasteiger partial charge in [-0.3, -0.25) is 4.79 Å². The second-order valence-electron chi connectivity index (χ2n) is 4.71. The Kier molecular flexibility index (Phi) is 4.17. The summed E-state index contributed by atoms with van der Waals surface area (Å²) in [7, 11) is 0. The Balaban J connectivity index is 2.17. The van der Waals surface area contributed by atoms with Gasteiger partial charge >= 0.3 is 0 Å². The first kappa shape index (κ1) is 14.0. The predicted octanol–water partition coefficient (Wildman–Crippen LogP) is 2.79. The molecule has 0 saturated heterocycles. The first-order valence-electron chi connectivity index (χ1n) is 6.12. The van der Waals surface area contributed by atoms with Crippen molar-refractivity contribution in [2.24, 2.45) is 5.92 Å². The third-order valence-corrected chi connectivity index (χ3v) is 4.32. The summed E-state index contributed by atoms with van der Waals surface area (Å²) in [5.41, 5.74) is 0. The van der Waals surface area contributed by atoms with Crippen LogP contribution in [0, 0.1) is 11.7 Å². The zero-order chi connectivity index (χ0) is 14.0. The standard InChI is InChI=1S/C14H16FNO2S/c1-8(7-17)9(2)16-14(18)13-6-10-5-11(15)3-4-12(10)19-13/h3-6,8-9,17H,7H2,1-2H3,(H,16,18). The van der Waals surface area contributed by atoms with Crippen LogP contribution in [0.4, 0.5) is 4.39 Å². The van der Waals surface area contributed by atoms with E-state index in [2.05, 4.69) is 5.32 Å². The van der Waals surface area contributed by atoms with E-state index in [0.29, 0.717) is 4.88 Å². The van der Waals surface area contributed by atoms with Crippen molar-refractivity contribution in [1.29, 1.82) is 0 Å². The number of carbonyl (C=O) groups excluding carboxylic acids is 1. The van der Waals surface area contributed by atoms with E-state index in [1.165, 1.54) is 23.5 Å². The lowest BCUT2D eigenvalue weighted by Crippen LogP contribution is -2.37. The molecule has 0 aliphatic rings. The van der Waals surface area contributed by atoms with E-state index in [-0.39, 0.29) is 30.3 Å². The Bertz CT molecular complexity index is 596. The van der Waals surface area contributed by atoms with Crippen molar-refractivity contribution >= 4 is 27.3 Å². The Morgan fingerprint density at radius 1 is 1.42 bits per heavy atom. The number of hydrogen-bond donors (Lipinski definition) is 2. The van der Waals surface area contributed by atoms with Crippen molar-refractivity contribution in [3.63, 3.8) is 0 Å². The molecule has 1 heterocycles. The maximum absolute atomic E-state index is 13.1. The number of benzene rings is 1. The second-order valence-corrected chi connectivity index (χ2v) is 5.80. The minimum atomic E-state index is -0.306. The summed E-state index contributed by atoms with van der Waals surface area (Å²) in [6.45, 7) is 3.75. The minimum absolute atomic E-state index is 0.00391. The van der Waals surface area contributed by atoms with Crippen molar-refractivity contribution in [2.75, 3.05) is 6.61 Å². The highest BCUT2D eigenvalue weighted by Gasteiger charge is 2.16. The van der Waals surface area contributed by atoms with E-state index < -0.39 is 0 Å². The molecule has 5 heteroatoms. The summed E-state index contributed by atoms with van der Waals surface area (Å²) in [6.07, 6.45) is 0. The first-order chi connectivity index (χ1) is 9.01. The third-order valence-electron chi connectivity index (χ3n) is 3.20. The van der Waals surface area contributed by atoms with Gasteiger partial charge in [0.1, 0.15) is 5.82 Å². The van der Waals surface area contributed by atoms with Crippen LogP contribution in [-0.2, 0) is 0 Å². The van der Waals surface area contributed by atoms with Crippen molar-refractivity contribution in [3.05, 3.63) is 35.0 Å². The summed E-state index contributed by atoms with van der Waals surface area (Å²) in [5, 5.41) is 12.6. The van der Waals surface area contributed by atoms with Crippen LogP contribution in [0.2, 0.25) is 0 Å². The molecule has 1 amide bonds. The highest BCUT2D eigenvalue weighted by Crippen LogP contribution is 2.26. The van der Waals surface area contributed by atoms with Gasteiger partial charge in [-0.15, -0.1) is 11.3 Å². The monoisotopic (exact) mass is 281 g/mol. The number of fused-ring (bicyclic) bond motifs is 1. The number of carbonyl (C=O) groups is 1. The van der Waals surface area contributed by atoms with Gasteiger partial charge in [0.25, 0.3) is 5.91 Å². The number of thiophene rings is 1. The molecule has 19 heavy (non-hydrogen) atoms. The SMILES string of the molecule is CC(CO)C(C)NC(=O)c1cc2cc(F)ccc2s1. The Morgan fingerprint density at radius 2 is 2.16 bits per heavy atom. The lowest BCUT2D eigenvalue weighted by Gasteiger charge is -2.18. The summed E-state index contributed by atoms with van der Waals surface area (Å²) in [4.78, 5) is 12.6. The lowest BCUT2D eigenvalue weighted by molar-refractivity contribution is 0.0920. The quantitative estimate of drug-likeness (QED) is 0.905. The van der Waals surface area contributed by atoms with Gasteiger partial charge in [0.15, 0.2) is 0 Å². The minimum Gasteiger partial charge on any atom is -0.396 e. The lowest BCUT2D eigenvalue weighted by atomic mass is 10.1. The molecule has 0 aliphatic carbocycles. The Morgan fingerprint density at radius 3 is 2.84 bits per heavy atom. The molecule has 2 atom stereocenters. The summed E-state index contributed by atoms with van der Waals surface area (Å²) >= 11 is 1.33. The molecule has 3 nitrogen and oxygen atoms in total. The van der Waals surface area contributed by atoms with Crippen LogP contribution in [-0.4, -0.2) is 23.7 Å².